The summed E-state index contributed by atoms with van der Waals surface area (Å²) in [5.41, 5.74) is 0. The van der Waals surface area contributed by atoms with Crippen LogP contribution in [0.2, 0.25) is 0 Å². The van der Waals surface area contributed by atoms with Crippen molar-refractivity contribution in [1.82, 2.24) is 5.32 Å². The number of hydrogen-bond acceptors (Lipinski definition) is 3. The fourth-order valence-corrected chi connectivity index (χ4v) is 0.784. The molecule has 2 N–H and O–H groups in total. The first kappa shape index (κ1) is 15.1. The van der Waals surface area contributed by atoms with Crippen LogP contribution in [0, 0.1) is 0 Å². The zero-order valence-electron chi connectivity index (χ0n) is 7.18. The van der Waals surface area contributed by atoms with Gasteiger partial charge in [-0.2, -0.15) is 0 Å². The Kier molecular flexibility index (Phi) is 6.66. The summed E-state index contributed by atoms with van der Waals surface area (Å²) in [5, 5.41) is 10.6. The molecule has 0 radical (unpaired) electrons. The molecule has 1 amide bonds. The second-order valence-electron chi connectivity index (χ2n) is 2.38. The van der Waals surface area contributed by atoms with Gasteiger partial charge in [0.1, 0.15) is 11.4 Å². The Labute approximate surface area is 109 Å². The Bertz CT molecular complexity index is 245. The summed E-state index contributed by atoms with van der Waals surface area (Å²) >= 11 is 18.8. The van der Waals surface area contributed by atoms with Crippen molar-refractivity contribution < 1.29 is 19.4 Å². The number of rotatable bonds is 4. The highest BCUT2D eigenvalue weighted by molar-refractivity contribution is 9.10. The van der Waals surface area contributed by atoms with Crippen LogP contribution in [0.5, 0.6) is 0 Å². The van der Waals surface area contributed by atoms with Gasteiger partial charge in [0.05, 0.1) is 0 Å². The van der Waals surface area contributed by atoms with Crippen molar-refractivity contribution in [3.63, 3.8) is 0 Å². The van der Waals surface area contributed by atoms with Crippen molar-refractivity contribution in [1.29, 1.82) is 0 Å². The third-order valence-corrected chi connectivity index (χ3v) is 2.10. The molecule has 0 rings (SSSR count). The van der Waals surface area contributed by atoms with E-state index in [0.29, 0.717) is 0 Å². The zero-order valence-corrected chi connectivity index (χ0v) is 11.0. The number of aliphatic carboxylic acids is 1. The minimum absolute atomic E-state index is 0.131. The molecule has 5 nitrogen and oxygen atoms in total. The topological polar surface area (TPSA) is 75.6 Å². The highest BCUT2D eigenvalue weighted by atomic mass is 79.9. The van der Waals surface area contributed by atoms with Gasteiger partial charge in [-0.05, 0) is 0 Å². The number of amides is 1. The number of carboxylic acid groups (broad SMARTS) is 1. The van der Waals surface area contributed by atoms with Crippen molar-refractivity contribution in [2.24, 2.45) is 0 Å². The molecule has 0 heterocycles. The zero-order chi connectivity index (χ0) is 12.1. The van der Waals surface area contributed by atoms with Gasteiger partial charge in [-0.3, -0.25) is 4.79 Å². The van der Waals surface area contributed by atoms with Crippen molar-refractivity contribution in [3.05, 3.63) is 0 Å². The maximum atomic E-state index is 10.9. The van der Waals surface area contributed by atoms with Crippen molar-refractivity contribution in [3.8, 4) is 0 Å². The summed E-state index contributed by atoms with van der Waals surface area (Å²) < 4.78 is 2.79. The third kappa shape index (κ3) is 9.04. The summed E-state index contributed by atoms with van der Waals surface area (Å²) in [6.07, 6.45) is -0.855. The number of alkyl halides is 4. The molecular formula is C6H7BrCl3NO4. The predicted octanol–water partition coefficient (Wildman–Crippen LogP) is 1.93. The summed E-state index contributed by atoms with van der Waals surface area (Å²) in [7, 11) is 0. The number of carbonyl (C=O) groups excluding carboxylic acids is 1. The molecule has 1 unspecified atom stereocenters. The highest BCUT2D eigenvalue weighted by Gasteiger charge is 2.22. The van der Waals surface area contributed by atoms with E-state index in [4.69, 9.17) is 39.9 Å². The minimum Gasteiger partial charge on any atom is -0.480 e. The molecule has 0 aromatic carbocycles. The fraction of sp³-hybridized carbons (Fsp3) is 0.667. The van der Waals surface area contributed by atoms with E-state index in [1.807, 2.05) is 0 Å². The number of carboxylic acids is 1. The van der Waals surface area contributed by atoms with Gasteiger partial charge in [0.25, 0.3) is 0 Å². The lowest BCUT2D eigenvalue weighted by atomic mass is 10.4. The standard InChI is InChI=1S/C6H7BrCl3NO4/c7-3(4(12)13)1-11-5(14)15-2-6(8,9)10/h3H,1-2H2,(H,11,14)(H,12,13). The lowest BCUT2D eigenvalue weighted by molar-refractivity contribution is -0.136. The molecule has 0 spiro atoms. The molecule has 0 bridgehead atoms. The quantitative estimate of drug-likeness (QED) is 0.765. The van der Waals surface area contributed by atoms with E-state index in [0.717, 1.165) is 0 Å². The van der Waals surface area contributed by atoms with Crippen LogP contribution >= 0.6 is 50.7 Å². The number of ether oxygens (including phenoxy) is 1. The first-order valence-electron chi connectivity index (χ1n) is 3.56. The molecule has 0 aliphatic carbocycles. The normalized spacial score (nSPS) is 13.1. The number of halogens is 4. The van der Waals surface area contributed by atoms with Gasteiger partial charge >= 0.3 is 12.1 Å². The number of carbonyl (C=O) groups is 2. The molecule has 15 heavy (non-hydrogen) atoms. The van der Waals surface area contributed by atoms with Crippen LogP contribution in [0.25, 0.3) is 0 Å². The van der Waals surface area contributed by atoms with Crippen molar-refractivity contribution in [2.75, 3.05) is 13.2 Å². The summed E-state index contributed by atoms with van der Waals surface area (Å²) in [4.78, 5) is 20.3. The van der Waals surface area contributed by atoms with Crippen LogP contribution in [0.3, 0.4) is 0 Å². The first-order valence-corrected chi connectivity index (χ1v) is 5.61. The molecule has 88 valence electrons. The number of hydrogen-bond donors (Lipinski definition) is 2. The lowest BCUT2D eigenvalue weighted by Crippen LogP contribution is -2.34. The van der Waals surface area contributed by atoms with Crippen LogP contribution in [-0.2, 0) is 9.53 Å². The molecule has 9 heteroatoms. The average Bonchev–Trinajstić information content (AvgIpc) is 2.09. The number of alkyl carbamates (subject to hydrolysis) is 1. The van der Waals surface area contributed by atoms with Gasteiger partial charge in [-0.15, -0.1) is 0 Å². The second kappa shape index (κ2) is 6.62. The average molecular weight is 343 g/mol. The van der Waals surface area contributed by atoms with Crippen LogP contribution in [0.1, 0.15) is 0 Å². The summed E-state index contributed by atoms with van der Waals surface area (Å²) in [6, 6.07) is 0. The van der Waals surface area contributed by atoms with Gasteiger partial charge in [-0.25, -0.2) is 4.79 Å². The predicted molar refractivity (Wildman–Crippen MR) is 60.0 cm³/mol. The Morgan fingerprint density at radius 2 is 2.00 bits per heavy atom. The molecule has 0 saturated heterocycles. The number of nitrogens with one attached hydrogen (secondary N) is 1. The SMILES string of the molecule is O=C(NCC(Br)C(=O)O)OCC(Cl)(Cl)Cl. The Morgan fingerprint density at radius 1 is 1.47 bits per heavy atom. The first-order chi connectivity index (χ1) is 6.72. The highest BCUT2D eigenvalue weighted by Crippen LogP contribution is 2.25. The molecule has 0 aromatic rings. The van der Waals surface area contributed by atoms with Gasteiger partial charge < -0.3 is 15.2 Å². The summed E-state index contributed by atoms with van der Waals surface area (Å²) in [5.74, 6) is -1.10. The van der Waals surface area contributed by atoms with E-state index < -0.39 is 27.3 Å². The van der Waals surface area contributed by atoms with E-state index in [2.05, 4.69) is 26.0 Å². The maximum absolute atomic E-state index is 10.9. The molecule has 0 saturated carbocycles. The van der Waals surface area contributed by atoms with Crippen LogP contribution in [-0.4, -0.2) is 38.9 Å². The smallest absolute Gasteiger partial charge is 0.407 e. The van der Waals surface area contributed by atoms with Gasteiger partial charge in [0, 0.05) is 6.54 Å². The largest absolute Gasteiger partial charge is 0.480 e. The second-order valence-corrected chi connectivity index (χ2v) is 6.00. The van der Waals surface area contributed by atoms with Crippen LogP contribution in [0.4, 0.5) is 4.79 Å². The van der Waals surface area contributed by atoms with Gasteiger partial charge in [0.15, 0.2) is 0 Å². The van der Waals surface area contributed by atoms with Crippen LogP contribution < -0.4 is 5.32 Å². The van der Waals surface area contributed by atoms with E-state index >= 15 is 0 Å². The monoisotopic (exact) mass is 341 g/mol. The Hall–Kier alpha value is 0.0900. The van der Waals surface area contributed by atoms with Crippen LogP contribution in [0.15, 0.2) is 0 Å². The van der Waals surface area contributed by atoms with Gasteiger partial charge in [0.2, 0.25) is 3.79 Å². The molecule has 0 aliphatic rings. The minimum atomic E-state index is -1.68. The van der Waals surface area contributed by atoms with Crippen molar-refractivity contribution >= 4 is 62.8 Å². The fourth-order valence-electron chi connectivity index (χ4n) is 0.459. The Morgan fingerprint density at radius 3 is 2.40 bits per heavy atom. The van der Waals surface area contributed by atoms with E-state index in [-0.39, 0.29) is 6.54 Å². The molecule has 1 atom stereocenters. The maximum Gasteiger partial charge on any atom is 0.407 e. The van der Waals surface area contributed by atoms with Gasteiger partial charge in [-0.1, -0.05) is 50.7 Å². The molecule has 0 fully saturated rings. The molecular weight excluding hydrogens is 336 g/mol. The lowest BCUT2D eigenvalue weighted by Gasteiger charge is -2.12. The van der Waals surface area contributed by atoms with E-state index in [9.17, 15) is 9.59 Å². The third-order valence-electron chi connectivity index (χ3n) is 1.06. The summed E-state index contributed by atoms with van der Waals surface area (Å²) in [6.45, 7) is -0.544. The molecule has 0 aromatic heterocycles. The van der Waals surface area contributed by atoms with E-state index in [1.165, 1.54) is 0 Å². The van der Waals surface area contributed by atoms with E-state index in [1.54, 1.807) is 0 Å². The molecule has 0 aliphatic heterocycles. The van der Waals surface area contributed by atoms with Crippen molar-refractivity contribution in [2.45, 2.75) is 8.62 Å². The Balaban J connectivity index is 3.72.